The minimum absolute atomic E-state index is 0.0272. The van der Waals surface area contributed by atoms with Gasteiger partial charge in [0.25, 0.3) is 0 Å². The molecule has 0 saturated carbocycles. The zero-order valence-corrected chi connectivity index (χ0v) is 14.2. The van der Waals surface area contributed by atoms with Gasteiger partial charge in [-0.2, -0.15) is 0 Å². The van der Waals surface area contributed by atoms with E-state index in [1.54, 1.807) is 12.1 Å². The quantitative estimate of drug-likeness (QED) is 0.475. The van der Waals surface area contributed by atoms with Crippen LogP contribution in [0.1, 0.15) is 76.8 Å². The van der Waals surface area contributed by atoms with E-state index in [-0.39, 0.29) is 11.9 Å². The average Bonchev–Trinajstić information content (AvgIpc) is 2.46. The van der Waals surface area contributed by atoms with Crippen LogP contribution in [0.15, 0.2) is 18.2 Å². The fourth-order valence-electron chi connectivity index (χ4n) is 2.74. The Morgan fingerprint density at radius 2 is 1.71 bits per heavy atom. The molecule has 0 spiro atoms. The fraction of sp³-hybridized carbons (Fsp3) is 0.667. The molecule has 0 aliphatic heterocycles. The molecule has 1 rings (SSSR count). The molecule has 120 valence electrons. The SMILES string of the molecule is CCCCCCCCCC(NCC)c1c(F)cccc1Cl. The monoisotopic (exact) mass is 313 g/mol. The first-order valence-electron chi connectivity index (χ1n) is 8.38. The van der Waals surface area contributed by atoms with Crippen molar-refractivity contribution >= 4 is 11.6 Å². The Morgan fingerprint density at radius 3 is 2.33 bits per heavy atom. The summed E-state index contributed by atoms with van der Waals surface area (Å²) in [6.07, 6.45) is 9.85. The number of rotatable bonds is 11. The van der Waals surface area contributed by atoms with Gasteiger partial charge in [0.1, 0.15) is 5.82 Å². The summed E-state index contributed by atoms with van der Waals surface area (Å²) in [6, 6.07) is 4.96. The van der Waals surface area contributed by atoms with E-state index in [1.807, 2.05) is 6.92 Å². The molecule has 1 nitrogen and oxygen atoms in total. The molecular weight excluding hydrogens is 285 g/mol. The highest BCUT2D eigenvalue weighted by atomic mass is 35.5. The van der Waals surface area contributed by atoms with Crippen LogP contribution in [0, 0.1) is 5.82 Å². The van der Waals surface area contributed by atoms with Gasteiger partial charge < -0.3 is 5.32 Å². The number of benzene rings is 1. The first kappa shape index (κ1) is 18.4. The summed E-state index contributed by atoms with van der Waals surface area (Å²) < 4.78 is 14.0. The van der Waals surface area contributed by atoms with Crippen molar-refractivity contribution in [3.63, 3.8) is 0 Å². The van der Waals surface area contributed by atoms with Gasteiger partial charge in [0, 0.05) is 16.6 Å². The summed E-state index contributed by atoms with van der Waals surface area (Å²) in [5.41, 5.74) is 0.631. The van der Waals surface area contributed by atoms with Crippen LogP contribution in [-0.2, 0) is 0 Å². The van der Waals surface area contributed by atoms with E-state index in [0.29, 0.717) is 10.6 Å². The first-order valence-corrected chi connectivity index (χ1v) is 8.75. The molecule has 1 N–H and O–H groups in total. The van der Waals surface area contributed by atoms with Crippen molar-refractivity contribution in [1.29, 1.82) is 0 Å². The molecule has 0 fully saturated rings. The number of hydrogen-bond acceptors (Lipinski definition) is 1. The maximum atomic E-state index is 14.0. The number of hydrogen-bond donors (Lipinski definition) is 1. The summed E-state index contributed by atoms with van der Waals surface area (Å²) in [4.78, 5) is 0. The van der Waals surface area contributed by atoms with Crippen LogP contribution in [0.5, 0.6) is 0 Å². The van der Waals surface area contributed by atoms with Gasteiger partial charge in [-0.3, -0.25) is 0 Å². The van der Waals surface area contributed by atoms with Crippen molar-refractivity contribution in [2.45, 2.75) is 71.3 Å². The summed E-state index contributed by atoms with van der Waals surface area (Å²) >= 11 is 6.18. The Balaban J connectivity index is 2.43. The third kappa shape index (κ3) is 6.80. The zero-order valence-electron chi connectivity index (χ0n) is 13.4. The molecule has 0 saturated heterocycles. The molecule has 0 radical (unpaired) electrons. The second-order valence-corrected chi connectivity index (χ2v) is 6.06. The van der Waals surface area contributed by atoms with Crippen LogP contribution < -0.4 is 5.32 Å². The van der Waals surface area contributed by atoms with Crippen LogP contribution in [-0.4, -0.2) is 6.54 Å². The van der Waals surface area contributed by atoms with Crippen LogP contribution in [0.25, 0.3) is 0 Å². The first-order chi connectivity index (χ1) is 10.2. The summed E-state index contributed by atoms with van der Waals surface area (Å²) in [5, 5.41) is 3.90. The summed E-state index contributed by atoms with van der Waals surface area (Å²) in [7, 11) is 0. The van der Waals surface area contributed by atoms with Gasteiger partial charge in [-0.25, -0.2) is 4.39 Å². The molecule has 0 aromatic heterocycles. The lowest BCUT2D eigenvalue weighted by atomic mass is 9.98. The van der Waals surface area contributed by atoms with Gasteiger partial charge in [0.2, 0.25) is 0 Å². The standard InChI is InChI=1S/C18H29ClFN/c1-3-5-6-7-8-9-10-14-17(21-4-2)18-15(19)12-11-13-16(18)20/h11-13,17,21H,3-10,14H2,1-2H3. The maximum Gasteiger partial charge on any atom is 0.129 e. The Kier molecular flexibility index (Phi) is 9.69. The molecule has 1 atom stereocenters. The molecule has 0 bridgehead atoms. The number of halogens is 2. The van der Waals surface area contributed by atoms with E-state index in [1.165, 1.54) is 44.6 Å². The third-order valence-corrected chi connectivity index (χ3v) is 4.22. The molecule has 0 heterocycles. The normalized spacial score (nSPS) is 12.6. The van der Waals surface area contributed by atoms with Crippen molar-refractivity contribution in [2.24, 2.45) is 0 Å². The molecule has 1 aromatic rings. The third-order valence-electron chi connectivity index (χ3n) is 3.90. The maximum absolute atomic E-state index is 14.0. The lowest BCUT2D eigenvalue weighted by molar-refractivity contribution is 0.457. The van der Waals surface area contributed by atoms with E-state index in [0.717, 1.165) is 19.4 Å². The predicted molar refractivity (Wildman–Crippen MR) is 90.4 cm³/mol. The lowest BCUT2D eigenvalue weighted by Gasteiger charge is -2.20. The smallest absolute Gasteiger partial charge is 0.129 e. The molecule has 1 unspecified atom stereocenters. The highest BCUT2D eigenvalue weighted by molar-refractivity contribution is 6.31. The molecule has 1 aromatic carbocycles. The van der Waals surface area contributed by atoms with E-state index in [9.17, 15) is 4.39 Å². The predicted octanol–water partition coefficient (Wildman–Crippen LogP) is 6.27. The highest BCUT2D eigenvalue weighted by Gasteiger charge is 2.17. The summed E-state index contributed by atoms with van der Waals surface area (Å²) in [6.45, 7) is 5.11. The Bertz CT molecular complexity index is 375. The zero-order chi connectivity index (χ0) is 15.5. The number of nitrogens with one attached hydrogen (secondary N) is 1. The van der Waals surface area contributed by atoms with Crippen molar-refractivity contribution in [1.82, 2.24) is 5.32 Å². The van der Waals surface area contributed by atoms with E-state index in [4.69, 9.17) is 11.6 Å². The second-order valence-electron chi connectivity index (χ2n) is 5.66. The van der Waals surface area contributed by atoms with Crippen molar-refractivity contribution < 1.29 is 4.39 Å². The molecular formula is C18H29ClFN. The van der Waals surface area contributed by atoms with Crippen molar-refractivity contribution in [2.75, 3.05) is 6.54 Å². The largest absolute Gasteiger partial charge is 0.310 e. The molecule has 0 amide bonds. The minimum Gasteiger partial charge on any atom is -0.310 e. The minimum atomic E-state index is -0.198. The molecule has 3 heteroatoms. The van der Waals surface area contributed by atoms with Crippen LogP contribution in [0.2, 0.25) is 5.02 Å². The van der Waals surface area contributed by atoms with Gasteiger partial charge in [-0.1, -0.05) is 76.5 Å². The van der Waals surface area contributed by atoms with Gasteiger partial charge in [0.15, 0.2) is 0 Å². The Hall–Kier alpha value is -0.600. The highest BCUT2D eigenvalue weighted by Crippen LogP contribution is 2.29. The molecule has 21 heavy (non-hydrogen) atoms. The fourth-order valence-corrected chi connectivity index (χ4v) is 3.04. The lowest BCUT2D eigenvalue weighted by Crippen LogP contribution is -2.22. The van der Waals surface area contributed by atoms with Crippen LogP contribution in [0.3, 0.4) is 0 Å². The van der Waals surface area contributed by atoms with Gasteiger partial charge in [-0.05, 0) is 25.1 Å². The van der Waals surface area contributed by atoms with Crippen molar-refractivity contribution in [3.8, 4) is 0 Å². The van der Waals surface area contributed by atoms with Gasteiger partial charge in [0.05, 0.1) is 0 Å². The van der Waals surface area contributed by atoms with E-state index >= 15 is 0 Å². The summed E-state index contributed by atoms with van der Waals surface area (Å²) in [5.74, 6) is -0.198. The van der Waals surface area contributed by atoms with E-state index < -0.39 is 0 Å². The second kappa shape index (κ2) is 11.0. The number of unbranched alkanes of at least 4 members (excludes halogenated alkanes) is 6. The average molecular weight is 314 g/mol. The molecule has 0 aliphatic rings. The van der Waals surface area contributed by atoms with Crippen LogP contribution >= 0.6 is 11.6 Å². The van der Waals surface area contributed by atoms with Gasteiger partial charge >= 0.3 is 0 Å². The van der Waals surface area contributed by atoms with Gasteiger partial charge in [-0.15, -0.1) is 0 Å². The van der Waals surface area contributed by atoms with Crippen molar-refractivity contribution in [3.05, 3.63) is 34.6 Å². The van der Waals surface area contributed by atoms with Crippen LogP contribution in [0.4, 0.5) is 4.39 Å². The van der Waals surface area contributed by atoms with E-state index in [2.05, 4.69) is 12.2 Å². The molecule has 0 aliphatic carbocycles. The Labute approximate surface area is 134 Å². The topological polar surface area (TPSA) is 12.0 Å². The Morgan fingerprint density at radius 1 is 1.05 bits per heavy atom.